The number of carbonyl (C=O) groups is 2. The van der Waals surface area contributed by atoms with Crippen LogP contribution in [0.15, 0.2) is 30.3 Å². The summed E-state index contributed by atoms with van der Waals surface area (Å²) in [5.41, 5.74) is 2.91. The lowest BCUT2D eigenvalue weighted by Crippen LogP contribution is -2.46. The van der Waals surface area contributed by atoms with Gasteiger partial charge in [-0.2, -0.15) is 9.97 Å². The molecule has 0 bridgehead atoms. The van der Waals surface area contributed by atoms with Crippen LogP contribution >= 0.6 is 0 Å². The summed E-state index contributed by atoms with van der Waals surface area (Å²) in [6, 6.07) is 9.56. The van der Waals surface area contributed by atoms with Crippen molar-refractivity contribution in [2.75, 3.05) is 61.2 Å². The zero-order valence-electron chi connectivity index (χ0n) is 20.9. The van der Waals surface area contributed by atoms with E-state index in [1.165, 1.54) is 0 Å². The lowest BCUT2D eigenvalue weighted by Gasteiger charge is -2.37. The highest BCUT2D eigenvalue weighted by atomic mass is 16.5. The van der Waals surface area contributed by atoms with Gasteiger partial charge in [0.1, 0.15) is 5.82 Å². The van der Waals surface area contributed by atoms with Crippen LogP contribution in [0.3, 0.4) is 0 Å². The molecule has 2 aromatic heterocycles. The number of nitrogens with one attached hydrogen (secondary N) is 2. The molecular weight excluding hydrogens is 474 g/mol. The van der Waals surface area contributed by atoms with Crippen molar-refractivity contribution in [3.8, 4) is 11.3 Å². The molecule has 2 amide bonds. The molecule has 1 aromatic carbocycles. The third kappa shape index (κ3) is 4.44. The molecule has 2 saturated heterocycles. The summed E-state index contributed by atoms with van der Waals surface area (Å²) in [7, 11) is 0. The topological polar surface area (TPSA) is 122 Å². The quantitative estimate of drug-likeness (QED) is 0.551. The van der Waals surface area contributed by atoms with Gasteiger partial charge in [0.2, 0.25) is 11.9 Å². The van der Waals surface area contributed by atoms with E-state index in [0.29, 0.717) is 61.5 Å². The number of pyridine rings is 1. The van der Waals surface area contributed by atoms with Gasteiger partial charge in [0.25, 0.3) is 5.91 Å². The van der Waals surface area contributed by atoms with E-state index in [0.717, 1.165) is 23.3 Å². The van der Waals surface area contributed by atoms with Crippen LogP contribution in [0.1, 0.15) is 24.2 Å². The maximum atomic E-state index is 12.6. The third-order valence-electron chi connectivity index (χ3n) is 7.04. The lowest BCUT2D eigenvalue weighted by molar-refractivity contribution is -0.115. The van der Waals surface area contributed by atoms with Crippen LogP contribution in [0.4, 0.5) is 17.5 Å². The van der Waals surface area contributed by atoms with Gasteiger partial charge in [0.15, 0.2) is 5.65 Å². The summed E-state index contributed by atoms with van der Waals surface area (Å²) in [6.07, 6.45) is 0. The highest BCUT2D eigenvalue weighted by Gasteiger charge is 2.28. The number of hydrogen-bond donors (Lipinski definition) is 2. The molecule has 3 aliphatic heterocycles. The molecule has 37 heavy (non-hydrogen) atoms. The van der Waals surface area contributed by atoms with E-state index < -0.39 is 0 Å². The van der Waals surface area contributed by atoms with Crippen molar-refractivity contribution in [2.45, 2.75) is 25.9 Å². The SMILES string of the molecule is C[C@H]1COCCN1c1nc(N2CCOC[C@@H]2C)c2ccc(-c3ccc4c(c3)C(=O)NCC(=O)N4)nc2n1. The van der Waals surface area contributed by atoms with Crippen LogP contribution < -0.4 is 20.4 Å². The van der Waals surface area contributed by atoms with Crippen molar-refractivity contribution in [1.82, 2.24) is 20.3 Å². The average Bonchev–Trinajstić information content (AvgIpc) is 3.05. The summed E-state index contributed by atoms with van der Waals surface area (Å²) in [5.74, 6) is 0.920. The number of rotatable bonds is 3. The lowest BCUT2D eigenvalue weighted by atomic mass is 10.0. The molecule has 2 fully saturated rings. The fourth-order valence-corrected chi connectivity index (χ4v) is 5.01. The summed E-state index contributed by atoms with van der Waals surface area (Å²) in [4.78, 5) is 43.8. The van der Waals surface area contributed by atoms with Gasteiger partial charge in [0.05, 0.1) is 67.4 Å². The molecule has 6 rings (SSSR count). The van der Waals surface area contributed by atoms with Gasteiger partial charge >= 0.3 is 0 Å². The second-order valence-electron chi connectivity index (χ2n) is 9.64. The van der Waals surface area contributed by atoms with Crippen molar-refractivity contribution >= 4 is 40.3 Å². The van der Waals surface area contributed by atoms with E-state index in [4.69, 9.17) is 24.4 Å². The zero-order valence-corrected chi connectivity index (χ0v) is 20.9. The first-order valence-corrected chi connectivity index (χ1v) is 12.6. The number of aromatic nitrogens is 3. The predicted octanol–water partition coefficient (Wildman–Crippen LogP) is 1.82. The van der Waals surface area contributed by atoms with E-state index in [2.05, 4.69) is 34.3 Å². The Labute approximate surface area is 214 Å². The molecule has 11 heteroatoms. The average molecular weight is 504 g/mol. The molecule has 0 aliphatic carbocycles. The van der Waals surface area contributed by atoms with Crippen LogP contribution in [0.5, 0.6) is 0 Å². The van der Waals surface area contributed by atoms with E-state index in [9.17, 15) is 9.59 Å². The van der Waals surface area contributed by atoms with Crippen molar-refractivity contribution in [3.05, 3.63) is 35.9 Å². The summed E-state index contributed by atoms with van der Waals surface area (Å²) in [5, 5.41) is 6.26. The number of carbonyl (C=O) groups excluding carboxylic acids is 2. The van der Waals surface area contributed by atoms with Crippen LogP contribution in [0, 0.1) is 0 Å². The predicted molar refractivity (Wildman–Crippen MR) is 139 cm³/mol. The maximum absolute atomic E-state index is 12.6. The smallest absolute Gasteiger partial charge is 0.253 e. The van der Waals surface area contributed by atoms with Gasteiger partial charge in [-0.3, -0.25) is 9.59 Å². The fourth-order valence-electron chi connectivity index (χ4n) is 5.01. The van der Waals surface area contributed by atoms with Crippen LogP contribution in [0.25, 0.3) is 22.3 Å². The molecular formula is C26H29N7O4. The highest BCUT2D eigenvalue weighted by Crippen LogP contribution is 2.32. The van der Waals surface area contributed by atoms with E-state index >= 15 is 0 Å². The molecule has 192 valence electrons. The number of morpholine rings is 2. The highest BCUT2D eigenvalue weighted by molar-refractivity contribution is 6.09. The van der Waals surface area contributed by atoms with Gasteiger partial charge in [-0.1, -0.05) is 6.07 Å². The number of hydrogen-bond acceptors (Lipinski definition) is 9. The zero-order chi connectivity index (χ0) is 25.5. The molecule has 5 heterocycles. The summed E-state index contributed by atoms with van der Waals surface area (Å²) < 4.78 is 11.3. The second-order valence-corrected chi connectivity index (χ2v) is 9.64. The molecule has 2 N–H and O–H groups in total. The molecule has 0 spiro atoms. The molecule has 11 nitrogen and oxygen atoms in total. The molecule has 2 atom stereocenters. The van der Waals surface area contributed by atoms with Crippen molar-refractivity contribution in [1.29, 1.82) is 0 Å². The Morgan fingerprint density at radius 3 is 2.43 bits per heavy atom. The number of ether oxygens (including phenoxy) is 2. The standard InChI is InChI=1S/C26H29N7O4/c1-15-13-36-9-7-32(15)24-18-4-6-20(17-3-5-21-19(11-17)25(35)27-12-22(34)28-21)29-23(18)30-26(31-24)33-8-10-37-14-16(33)2/h3-6,11,15-16H,7-10,12-14H2,1-2H3,(H,27,35)(H,28,34)/t15-,16-/m0/s1. The molecule has 0 saturated carbocycles. The Hall–Kier alpha value is -3.83. The number of nitrogens with zero attached hydrogens (tertiary/aromatic N) is 5. The second kappa shape index (κ2) is 9.56. The van der Waals surface area contributed by atoms with Crippen LogP contribution in [0.2, 0.25) is 0 Å². The number of benzene rings is 1. The Morgan fingerprint density at radius 1 is 0.919 bits per heavy atom. The fraction of sp³-hybridized carbons (Fsp3) is 0.423. The van der Waals surface area contributed by atoms with Crippen molar-refractivity contribution < 1.29 is 19.1 Å². The Morgan fingerprint density at radius 2 is 1.68 bits per heavy atom. The van der Waals surface area contributed by atoms with E-state index in [1.54, 1.807) is 12.1 Å². The Kier molecular flexibility index (Phi) is 6.09. The summed E-state index contributed by atoms with van der Waals surface area (Å²) in [6.45, 7) is 8.13. The minimum atomic E-state index is -0.300. The molecule has 3 aliphatic rings. The summed E-state index contributed by atoms with van der Waals surface area (Å²) >= 11 is 0. The number of anilines is 3. The first-order chi connectivity index (χ1) is 18.0. The number of amides is 2. The van der Waals surface area contributed by atoms with Gasteiger partial charge in [-0.05, 0) is 38.1 Å². The largest absolute Gasteiger partial charge is 0.377 e. The van der Waals surface area contributed by atoms with Crippen molar-refractivity contribution in [3.63, 3.8) is 0 Å². The van der Waals surface area contributed by atoms with E-state index in [-0.39, 0.29) is 30.4 Å². The van der Waals surface area contributed by atoms with Gasteiger partial charge < -0.3 is 29.9 Å². The molecule has 0 radical (unpaired) electrons. The minimum Gasteiger partial charge on any atom is -0.377 e. The molecule has 3 aromatic rings. The molecule has 0 unspecified atom stereocenters. The Balaban J connectivity index is 1.46. The maximum Gasteiger partial charge on any atom is 0.253 e. The Bertz CT molecular complexity index is 1380. The van der Waals surface area contributed by atoms with Gasteiger partial charge in [0, 0.05) is 18.7 Å². The van der Waals surface area contributed by atoms with E-state index in [1.807, 2.05) is 18.2 Å². The van der Waals surface area contributed by atoms with Crippen LogP contribution in [-0.4, -0.2) is 84.9 Å². The minimum absolute atomic E-state index is 0.0561. The first-order valence-electron chi connectivity index (χ1n) is 12.6. The van der Waals surface area contributed by atoms with Gasteiger partial charge in [-0.15, -0.1) is 0 Å². The van der Waals surface area contributed by atoms with Crippen LogP contribution in [-0.2, 0) is 14.3 Å². The third-order valence-corrected chi connectivity index (χ3v) is 7.04. The van der Waals surface area contributed by atoms with Crippen molar-refractivity contribution in [2.24, 2.45) is 0 Å². The van der Waals surface area contributed by atoms with Gasteiger partial charge in [-0.25, -0.2) is 4.98 Å². The number of fused-ring (bicyclic) bond motifs is 2. The monoisotopic (exact) mass is 503 g/mol. The normalized spacial score (nSPS) is 22.3. The first kappa shape index (κ1) is 23.6.